The number of rotatable bonds is 11. The maximum Gasteiger partial charge on any atom is 0.260 e. The van der Waals surface area contributed by atoms with Gasteiger partial charge < -0.3 is 23.8 Å². The number of ether oxygens (including phenoxy) is 4. The zero-order chi connectivity index (χ0) is 24.0. The molecule has 0 unspecified atom stereocenters. The number of nitrogens with zero attached hydrogens (tertiary/aromatic N) is 3. The number of carbonyl (C=O) groups is 1. The van der Waals surface area contributed by atoms with Crippen LogP contribution in [0.25, 0.3) is 10.2 Å². The number of anilines is 1. The standard InChI is InChI=1S/C24H31N3O5S.ClH/c1-7-26(8-2)13-14-27(23(28)16-9-10-17(29-3)20(15-16)32-6)24-25-21-18(30-4)11-12-19(31-5)22(21)33-24;/h9-12,15H,7-8,13-14H2,1-6H3;1H. The average molecular weight is 510 g/mol. The van der Waals surface area contributed by atoms with Crippen molar-refractivity contribution >= 4 is 45.0 Å². The van der Waals surface area contributed by atoms with Crippen molar-refractivity contribution < 1.29 is 23.7 Å². The first-order valence-corrected chi connectivity index (χ1v) is 11.6. The van der Waals surface area contributed by atoms with Crippen molar-refractivity contribution in [3.63, 3.8) is 0 Å². The first-order valence-electron chi connectivity index (χ1n) is 10.8. The Morgan fingerprint density at radius 3 is 2.03 bits per heavy atom. The molecule has 0 N–H and O–H groups in total. The molecule has 10 heteroatoms. The van der Waals surface area contributed by atoms with Crippen molar-refractivity contribution in [2.75, 3.05) is 59.5 Å². The molecule has 0 aliphatic carbocycles. The number of aromatic nitrogens is 1. The molecule has 0 aliphatic rings. The van der Waals surface area contributed by atoms with Gasteiger partial charge in [0.25, 0.3) is 5.91 Å². The van der Waals surface area contributed by atoms with Crippen LogP contribution >= 0.6 is 23.7 Å². The Balaban J connectivity index is 0.00000408. The molecule has 2 aromatic carbocycles. The highest BCUT2D eigenvalue weighted by atomic mass is 35.5. The van der Waals surface area contributed by atoms with Crippen LogP contribution in [0.15, 0.2) is 30.3 Å². The Morgan fingerprint density at radius 1 is 0.853 bits per heavy atom. The zero-order valence-corrected chi connectivity index (χ0v) is 22.0. The lowest BCUT2D eigenvalue weighted by atomic mass is 10.1. The topological polar surface area (TPSA) is 73.4 Å². The molecular formula is C24H32ClN3O5S. The predicted octanol–water partition coefficient (Wildman–Crippen LogP) is 4.74. The maximum absolute atomic E-state index is 13.7. The summed E-state index contributed by atoms with van der Waals surface area (Å²) < 4.78 is 22.6. The lowest BCUT2D eigenvalue weighted by Gasteiger charge is -2.25. The number of likely N-dealkylation sites (N-methyl/N-ethyl adjacent to an activating group) is 1. The van der Waals surface area contributed by atoms with Crippen LogP contribution in [0.2, 0.25) is 0 Å². The molecule has 0 radical (unpaired) electrons. The second kappa shape index (κ2) is 12.6. The second-order valence-electron chi connectivity index (χ2n) is 7.20. The quantitative estimate of drug-likeness (QED) is 0.369. The van der Waals surface area contributed by atoms with E-state index in [1.54, 1.807) is 51.5 Å². The van der Waals surface area contributed by atoms with Gasteiger partial charge in [0.05, 0.1) is 28.4 Å². The molecule has 0 saturated carbocycles. The minimum Gasteiger partial charge on any atom is -0.495 e. The molecule has 8 nitrogen and oxygen atoms in total. The van der Waals surface area contributed by atoms with E-state index in [0.29, 0.717) is 45.8 Å². The van der Waals surface area contributed by atoms with Gasteiger partial charge in [-0.25, -0.2) is 4.98 Å². The van der Waals surface area contributed by atoms with Gasteiger partial charge in [0.2, 0.25) is 0 Å². The number of hydrogen-bond acceptors (Lipinski definition) is 8. The van der Waals surface area contributed by atoms with Gasteiger partial charge in [-0.3, -0.25) is 9.69 Å². The number of fused-ring (bicyclic) bond motifs is 1. The van der Waals surface area contributed by atoms with Crippen LogP contribution in [0.1, 0.15) is 24.2 Å². The summed E-state index contributed by atoms with van der Waals surface area (Å²) in [4.78, 5) is 22.5. The summed E-state index contributed by atoms with van der Waals surface area (Å²) in [7, 11) is 6.34. The second-order valence-corrected chi connectivity index (χ2v) is 8.18. The van der Waals surface area contributed by atoms with Gasteiger partial charge in [0.1, 0.15) is 21.7 Å². The van der Waals surface area contributed by atoms with Crippen LogP contribution in [-0.4, -0.2) is 70.4 Å². The summed E-state index contributed by atoms with van der Waals surface area (Å²) in [6.07, 6.45) is 0. The largest absolute Gasteiger partial charge is 0.495 e. The highest BCUT2D eigenvalue weighted by Gasteiger charge is 2.25. The normalized spacial score (nSPS) is 10.7. The lowest BCUT2D eigenvalue weighted by Crippen LogP contribution is -2.38. The molecular weight excluding hydrogens is 478 g/mol. The van der Waals surface area contributed by atoms with Gasteiger partial charge in [-0.1, -0.05) is 25.2 Å². The fourth-order valence-electron chi connectivity index (χ4n) is 3.58. The van der Waals surface area contributed by atoms with E-state index in [4.69, 9.17) is 23.9 Å². The average Bonchev–Trinajstić information content (AvgIpc) is 3.30. The number of halogens is 1. The number of amides is 1. The molecule has 1 heterocycles. The first-order chi connectivity index (χ1) is 16.0. The molecule has 0 atom stereocenters. The molecule has 0 spiro atoms. The summed E-state index contributed by atoms with van der Waals surface area (Å²) in [5.74, 6) is 2.23. The Morgan fingerprint density at radius 2 is 1.44 bits per heavy atom. The molecule has 186 valence electrons. The van der Waals surface area contributed by atoms with Crippen molar-refractivity contribution in [2.24, 2.45) is 0 Å². The monoisotopic (exact) mass is 509 g/mol. The van der Waals surface area contributed by atoms with Crippen molar-refractivity contribution in [1.29, 1.82) is 0 Å². The van der Waals surface area contributed by atoms with Gasteiger partial charge in [0.15, 0.2) is 16.6 Å². The van der Waals surface area contributed by atoms with E-state index >= 15 is 0 Å². The Bertz CT molecular complexity index is 1060. The van der Waals surface area contributed by atoms with Crippen LogP contribution in [0, 0.1) is 0 Å². The number of methoxy groups -OCH3 is 4. The van der Waals surface area contributed by atoms with Gasteiger partial charge in [-0.2, -0.15) is 0 Å². The third kappa shape index (κ3) is 5.65. The summed E-state index contributed by atoms with van der Waals surface area (Å²) >= 11 is 1.41. The molecule has 34 heavy (non-hydrogen) atoms. The number of thiazole rings is 1. The van der Waals surface area contributed by atoms with Gasteiger partial charge in [0, 0.05) is 18.7 Å². The van der Waals surface area contributed by atoms with Gasteiger partial charge >= 0.3 is 0 Å². The molecule has 3 rings (SSSR count). The highest BCUT2D eigenvalue weighted by Crippen LogP contribution is 2.40. The lowest BCUT2D eigenvalue weighted by molar-refractivity contribution is 0.0983. The van der Waals surface area contributed by atoms with E-state index in [1.807, 2.05) is 12.1 Å². The van der Waals surface area contributed by atoms with Crippen LogP contribution in [0.5, 0.6) is 23.0 Å². The highest BCUT2D eigenvalue weighted by molar-refractivity contribution is 7.22. The van der Waals surface area contributed by atoms with Crippen molar-refractivity contribution in [3.8, 4) is 23.0 Å². The summed E-state index contributed by atoms with van der Waals surface area (Å²) in [6.45, 7) is 7.22. The minimum atomic E-state index is -0.167. The van der Waals surface area contributed by atoms with Crippen molar-refractivity contribution in [2.45, 2.75) is 13.8 Å². The number of carbonyl (C=O) groups excluding carboxylic acids is 1. The Labute approximate surface area is 210 Å². The molecule has 0 fully saturated rings. The molecule has 0 bridgehead atoms. The predicted molar refractivity (Wildman–Crippen MR) is 139 cm³/mol. The van der Waals surface area contributed by atoms with Gasteiger partial charge in [-0.05, 0) is 43.4 Å². The van der Waals surface area contributed by atoms with Crippen molar-refractivity contribution in [1.82, 2.24) is 9.88 Å². The molecule has 1 amide bonds. The smallest absolute Gasteiger partial charge is 0.260 e. The third-order valence-electron chi connectivity index (χ3n) is 5.54. The van der Waals surface area contributed by atoms with E-state index < -0.39 is 0 Å². The zero-order valence-electron chi connectivity index (χ0n) is 20.4. The van der Waals surface area contributed by atoms with Crippen LogP contribution in [0.3, 0.4) is 0 Å². The first kappa shape index (κ1) is 27.5. The van der Waals surface area contributed by atoms with Crippen LogP contribution in [0.4, 0.5) is 5.13 Å². The van der Waals surface area contributed by atoms with Crippen molar-refractivity contribution in [3.05, 3.63) is 35.9 Å². The van der Waals surface area contributed by atoms with Gasteiger partial charge in [-0.15, -0.1) is 12.4 Å². The SMILES string of the molecule is CCN(CC)CCN(C(=O)c1ccc(OC)c(OC)c1)c1nc2c(OC)ccc(OC)c2s1.Cl. The fraction of sp³-hybridized carbons (Fsp3) is 0.417. The Hall–Kier alpha value is -2.75. The fourth-order valence-corrected chi connectivity index (χ4v) is 4.68. The van der Waals surface area contributed by atoms with Crippen LogP contribution < -0.4 is 23.8 Å². The van der Waals surface area contributed by atoms with E-state index in [0.717, 1.165) is 24.3 Å². The maximum atomic E-state index is 13.7. The summed E-state index contributed by atoms with van der Waals surface area (Å²) in [5.41, 5.74) is 1.16. The molecule has 3 aromatic rings. The van der Waals surface area contributed by atoms with E-state index in [1.165, 1.54) is 11.3 Å². The molecule has 0 saturated heterocycles. The summed E-state index contributed by atoms with van der Waals surface area (Å²) in [6, 6.07) is 8.84. The number of hydrogen-bond donors (Lipinski definition) is 0. The Kier molecular flexibility index (Phi) is 10.2. The molecule has 0 aliphatic heterocycles. The summed E-state index contributed by atoms with van der Waals surface area (Å²) in [5, 5.41) is 0.583. The molecule has 1 aromatic heterocycles. The third-order valence-corrected chi connectivity index (χ3v) is 6.63. The minimum absolute atomic E-state index is 0. The van der Waals surface area contributed by atoms with E-state index in [-0.39, 0.29) is 18.3 Å². The van der Waals surface area contributed by atoms with E-state index in [9.17, 15) is 4.79 Å². The van der Waals surface area contributed by atoms with Crippen LogP contribution in [-0.2, 0) is 0 Å². The van der Waals surface area contributed by atoms with E-state index in [2.05, 4.69) is 18.7 Å². The number of benzene rings is 2.